The molecule has 2 saturated heterocycles. The van der Waals surface area contributed by atoms with E-state index in [9.17, 15) is 19.2 Å². The van der Waals surface area contributed by atoms with Crippen molar-refractivity contribution in [1.29, 1.82) is 0 Å². The van der Waals surface area contributed by atoms with Crippen LogP contribution >= 0.6 is 0 Å². The van der Waals surface area contributed by atoms with Crippen molar-refractivity contribution in [1.82, 2.24) is 40.4 Å². The van der Waals surface area contributed by atoms with Crippen LogP contribution in [0.3, 0.4) is 0 Å². The molecule has 4 amide bonds. The topological polar surface area (TPSA) is 193 Å². The number of benzene rings is 3. The van der Waals surface area contributed by atoms with Crippen molar-refractivity contribution in [2.24, 2.45) is 11.3 Å². The van der Waals surface area contributed by atoms with Gasteiger partial charge in [0.15, 0.2) is 0 Å². The second-order valence-electron chi connectivity index (χ2n) is 17.9. The number of imidazole rings is 2. The van der Waals surface area contributed by atoms with Crippen molar-refractivity contribution in [2.75, 3.05) is 35.0 Å². The molecule has 16 heteroatoms. The van der Waals surface area contributed by atoms with E-state index in [1.807, 2.05) is 22.2 Å². The first kappa shape index (κ1) is 43.0. The lowest BCUT2D eigenvalue weighted by Crippen LogP contribution is -2.56. The summed E-state index contributed by atoms with van der Waals surface area (Å²) < 4.78 is 20.6. The molecular formula is C48H56N8O8. The summed E-state index contributed by atoms with van der Waals surface area (Å²) in [5.41, 5.74) is 5.91. The van der Waals surface area contributed by atoms with Crippen LogP contribution in [-0.2, 0) is 28.5 Å². The lowest BCUT2D eigenvalue weighted by molar-refractivity contribution is -0.141. The molecule has 4 N–H and O–H groups in total. The van der Waals surface area contributed by atoms with E-state index in [0.717, 1.165) is 94.6 Å². The zero-order chi connectivity index (χ0) is 44.9. The fraction of sp³-hybridized carbons (Fsp3) is 0.458. The summed E-state index contributed by atoms with van der Waals surface area (Å²) in [5, 5.41) is 7.54. The van der Waals surface area contributed by atoms with Crippen LogP contribution in [0.15, 0.2) is 73.1 Å². The highest BCUT2D eigenvalue weighted by Crippen LogP contribution is 2.58. The summed E-state index contributed by atoms with van der Waals surface area (Å²) in [5.74, 6) is 1.31. The van der Waals surface area contributed by atoms with E-state index < -0.39 is 36.5 Å². The first-order chi connectivity index (χ1) is 30.9. The minimum atomic E-state index is -0.899. The van der Waals surface area contributed by atoms with Crippen molar-refractivity contribution in [3.05, 3.63) is 84.7 Å². The van der Waals surface area contributed by atoms with Gasteiger partial charge in [-0.05, 0) is 103 Å². The Morgan fingerprint density at radius 3 is 1.88 bits per heavy atom. The number of H-pyrrole nitrogens is 2. The Morgan fingerprint density at radius 2 is 1.25 bits per heavy atom. The summed E-state index contributed by atoms with van der Waals surface area (Å²) in [6, 6.07) is 18.9. The van der Waals surface area contributed by atoms with Crippen LogP contribution < -0.4 is 10.6 Å². The third-order valence-electron chi connectivity index (χ3n) is 14.2. The van der Waals surface area contributed by atoms with Crippen LogP contribution in [0.25, 0.3) is 44.4 Å². The maximum Gasteiger partial charge on any atom is 0.407 e. The number of alkyl carbamates (subject to hydrolysis) is 2. The summed E-state index contributed by atoms with van der Waals surface area (Å²) in [7, 11) is 5.59. The number of nitrogens with one attached hydrogen (secondary N) is 4. The predicted octanol–water partition coefficient (Wildman–Crippen LogP) is 6.91. The first-order valence-electron chi connectivity index (χ1n) is 22.0. The van der Waals surface area contributed by atoms with Gasteiger partial charge in [0.25, 0.3) is 0 Å². The van der Waals surface area contributed by atoms with Crippen LogP contribution in [0.4, 0.5) is 9.59 Å². The molecule has 3 aromatic carbocycles. The number of ether oxygens (including phenoxy) is 4. The molecule has 2 bridgehead atoms. The van der Waals surface area contributed by atoms with Gasteiger partial charge < -0.3 is 49.3 Å². The maximum absolute atomic E-state index is 14.1. The van der Waals surface area contributed by atoms with Gasteiger partial charge in [-0.15, -0.1) is 0 Å². The zero-order valence-electron chi connectivity index (χ0n) is 37.1. The van der Waals surface area contributed by atoms with Crippen LogP contribution in [0, 0.1) is 11.3 Å². The van der Waals surface area contributed by atoms with Gasteiger partial charge in [-0.2, -0.15) is 0 Å². The number of fused-ring (bicyclic) bond motifs is 3. The number of aromatic nitrogens is 4. The number of likely N-dealkylation sites (tertiary alicyclic amines) is 2. The van der Waals surface area contributed by atoms with Gasteiger partial charge in [0.2, 0.25) is 11.8 Å². The minimum Gasteiger partial charge on any atom is -0.453 e. The highest BCUT2D eigenvalue weighted by Gasteiger charge is 2.56. The molecule has 16 nitrogen and oxygen atoms in total. The number of carbonyl (C=O) groups excluding carboxylic acids is 4. The molecule has 4 heterocycles. The zero-order valence-corrected chi connectivity index (χ0v) is 37.1. The Balaban J connectivity index is 0.894. The SMILES string of the molecule is COC(=O)NC(C(=O)N1CC2(CC2)CC1c1ncc(-c2ccc3cc(-c4ccc(-c5cnc(C6C7CCC(C7)N6C(=O)C(NC(=O)OC)C(C)OC)[nH]5)cc4)ccc3c2)[nH]1)C(C)OC. The van der Waals surface area contributed by atoms with E-state index in [-0.39, 0.29) is 41.3 Å². The van der Waals surface area contributed by atoms with E-state index in [1.165, 1.54) is 28.4 Å². The maximum atomic E-state index is 14.1. The molecule has 2 aliphatic heterocycles. The van der Waals surface area contributed by atoms with Crippen molar-refractivity contribution in [3.63, 3.8) is 0 Å². The average molecular weight is 873 g/mol. The van der Waals surface area contributed by atoms with E-state index in [0.29, 0.717) is 6.54 Å². The predicted molar refractivity (Wildman–Crippen MR) is 238 cm³/mol. The molecule has 1 spiro atoms. The van der Waals surface area contributed by atoms with Gasteiger partial charge >= 0.3 is 12.2 Å². The van der Waals surface area contributed by atoms with Crippen LogP contribution in [0.5, 0.6) is 0 Å². The Kier molecular flexibility index (Phi) is 11.7. The lowest BCUT2D eigenvalue weighted by atomic mass is 9.96. The van der Waals surface area contributed by atoms with E-state index in [1.54, 1.807) is 13.8 Å². The first-order valence-corrected chi connectivity index (χ1v) is 22.0. The number of hydrogen-bond donors (Lipinski definition) is 4. The van der Waals surface area contributed by atoms with Crippen LogP contribution in [0.1, 0.15) is 76.1 Å². The molecule has 8 unspecified atom stereocenters. The lowest BCUT2D eigenvalue weighted by Gasteiger charge is -2.37. The van der Waals surface area contributed by atoms with Crippen molar-refractivity contribution in [2.45, 2.75) is 94.8 Å². The number of rotatable bonds is 13. The normalized spacial score (nSPS) is 22.6. The molecule has 5 aromatic rings. The minimum absolute atomic E-state index is 0.0684. The third-order valence-corrected chi connectivity index (χ3v) is 14.2. The number of carbonyl (C=O) groups is 4. The number of piperidine rings is 1. The average Bonchev–Trinajstić information content (AvgIpc) is 3.96. The summed E-state index contributed by atoms with van der Waals surface area (Å²) in [4.78, 5) is 72.8. The molecule has 2 aromatic heterocycles. The number of aromatic amines is 2. The molecule has 2 aliphatic carbocycles. The fourth-order valence-corrected chi connectivity index (χ4v) is 10.2. The van der Waals surface area contributed by atoms with Crippen molar-refractivity contribution < 1.29 is 38.1 Å². The molecular weight excluding hydrogens is 817 g/mol. The fourth-order valence-electron chi connectivity index (χ4n) is 10.2. The van der Waals surface area contributed by atoms with Gasteiger partial charge in [0, 0.05) is 32.4 Å². The van der Waals surface area contributed by atoms with E-state index >= 15 is 0 Å². The van der Waals surface area contributed by atoms with Crippen LogP contribution in [0.2, 0.25) is 0 Å². The smallest absolute Gasteiger partial charge is 0.407 e. The number of methoxy groups -OCH3 is 4. The van der Waals surface area contributed by atoms with Crippen LogP contribution in [-0.4, -0.2) is 119 Å². The summed E-state index contributed by atoms with van der Waals surface area (Å²) in [6.45, 7) is 4.12. The molecule has 9 rings (SSSR count). The monoisotopic (exact) mass is 872 g/mol. The third kappa shape index (κ3) is 8.08. The largest absolute Gasteiger partial charge is 0.453 e. The van der Waals surface area contributed by atoms with Gasteiger partial charge in [-0.3, -0.25) is 9.59 Å². The van der Waals surface area contributed by atoms with Gasteiger partial charge in [-0.25, -0.2) is 19.6 Å². The molecule has 2 saturated carbocycles. The number of hydrogen-bond acceptors (Lipinski definition) is 10. The summed E-state index contributed by atoms with van der Waals surface area (Å²) >= 11 is 0. The molecule has 0 radical (unpaired) electrons. The van der Waals surface area contributed by atoms with E-state index in [2.05, 4.69) is 81.3 Å². The molecule has 8 atom stereocenters. The second-order valence-corrected chi connectivity index (χ2v) is 17.9. The highest BCUT2D eigenvalue weighted by molar-refractivity contribution is 5.91. The number of nitrogens with zero attached hydrogens (tertiary/aromatic N) is 4. The molecule has 4 aliphatic rings. The molecule has 4 fully saturated rings. The van der Waals surface area contributed by atoms with Gasteiger partial charge in [0.05, 0.1) is 62.3 Å². The summed E-state index contributed by atoms with van der Waals surface area (Å²) in [6.07, 6.45) is 6.91. The molecule has 64 heavy (non-hydrogen) atoms. The van der Waals surface area contributed by atoms with Gasteiger partial charge in [-0.1, -0.05) is 48.5 Å². The van der Waals surface area contributed by atoms with E-state index in [4.69, 9.17) is 28.9 Å². The van der Waals surface area contributed by atoms with Crippen molar-refractivity contribution in [3.8, 4) is 33.6 Å². The Labute approximate surface area is 371 Å². The Bertz CT molecular complexity index is 2550. The highest BCUT2D eigenvalue weighted by atomic mass is 16.5. The molecule has 336 valence electrons. The van der Waals surface area contributed by atoms with Crippen molar-refractivity contribution >= 4 is 34.8 Å². The number of amides is 4. The Hall–Kier alpha value is -6.26. The Morgan fingerprint density at radius 1 is 0.703 bits per heavy atom. The quantitative estimate of drug-likeness (QED) is 0.0966. The van der Waals surface area contributed by atoms with Gasteiger partial charge in [0.1, 0.15) is 23.7 Å². The standard InChI is InChI=1S/C48H56N8O8/c1-26(61-3)39(53-46(59)63-5)44(57)55-25-48(17-18-48)22-38(55)42-49-24-37(51-42)33-14-13-31-19-30(11-12-32(31)20-33)28-7-9-29(10-8-28)36-23-50-43(52-36)41-34-15-16-35(21-34)56(41)45(58)40(27(2)62-4)54-47(60)64-6/h7-14,19-20,23-24,26-27,34-35,38-41H,15-18,21-22,25H2,1-6H3,(H,49,51)(H,50,52)(H,53,59)(H,54,60). The second kappa shape index (κ2) is 17.4.